The second-order valence-electron chi connectivity index (χ2n) is 23.5. The van der Waals surface area contributed by atoms with Crippen molar-refractivity contribution in [2.45, 2.75) is 386 Å². The third-order valence-corrected chi connectivity index (χ3v) is 15.9. The standard InChI is InChI=1S/C70H133NO5/c1-3-5-7-9-11-13-15-17-35-40-44-48-52-56-60-64-70(75)76-65-61-57-53-49-45-41-37-34-32-30-28-26-24-22-20-18-19-21-23-25-27-29-31-33-36-39-43-47-51-55-59-63-69(74)71-67(66-72)68(73)62-58-54-50-46-42-38-16-14-12-10-8-6-4-2/h17,20,22,26,28,35,67-68,72-73H,3-16,18-19,21,23-25,27,29-34,36-66H2,1-2H3,(H,71,74)/b22-20-,28-26-,35-17-. The van der Waals surface area contributed by atoms with Crippen LogP contribution in [0.3, 0.4) is 0 Å². The average molecular weight is 1070 g/mol. The first kappa shape index (κ1) is 74.1. The summed E-state index contributed by atoms with van der Waals surface area (Å²) in [4.78, 5) is 24.5. The van der Waals surface area contributed by atoms with Crippen molar-refractivity contribution in [2.24, 2.45) is 0 Å². The number of esters is 1. The van der Waals surface area contributed by atoms with Gasteiger partial charge >= 0.3 is 5.97 Å². The van der Waals surface area contributed by atoms with Crippen LogP contribution >= 0.6 is 0 Å². The summed E-state index contributed by atoms with van der Waals surface area (Å²) in [6.45, 7) is 4.96. The summed E-state index contributed by atoms with van der Waals surface area (Å²) < 4.78 is 5.48. The van der Waals surface area contributed by atoms with Gasteiger partial charge < -0.3 is 20.3 Å². The molecule has 3 N–H and O–H groups in total. The van der Waals surface area contributed by atoms with Gasteiger partial charge in [0.2, 0.25) is 5.91 Å². The summed E-state index contributed by atoms with van der Waals surface area (Å²) in [6.07, 6.45) is 83.3. The monoisotopic (exact) mass is 1070 g/mol. The maximum Gasteiger partial charge on any atom is 0.305 e. The van der Waals surface area contributed by atoms with Crippen molar-refractivity contribution in [3.05, 3.63) is 36.5 Å². The molecule has 2 atom stereocenters. The molecule has 1 amide bonds. The number of unbranched alkanes of at least 4 members (excludes halogenated alkanes) is 47. The molecule has 0 aliphatic carbocycles. The van der Waals surface area contributed by atoms with E-state index < -0.39 is 12.1 Å². The van der Waals surface area contributed by atoms with Gasteiger partial charge in [0.05, 0.1) is 25.4 Å². The third kappa shape index (κ3) is 61.3. The Hall–Kier alpha value is -1.92. The second-order valence-corrected chi connectivity index (χ2v) is 23.5. The van der Waals surface area contributed by atoms with E-state index in [0.29, 0.717) is 25.9 Å². The number of allylic oxidation sites excluding steroid dienone is 6. The second kappa shape index (κ2) is 65.6. The van der Waals surface area contributed by atoms with Gasteiger partial charge in [-0.3, -0.25) is 9.59 Å². The number of hydrogen-bond donors (Lipinski definition) is 3. The van der Waals surface area contributed by atoms with Gasteiger partial charge in [-0.25, -0.2) is 0 Å². The van der Waals surface area contributed by atoms with E-state index in [1.54, 1.807) is 0 Å². The fourth-order valence-electron chi connectivity index (χ4n) is 10.7. The highest BCUT2D eigenvalue weighted by molar-refractivity contribution is 5.76. The molecule has 6 nitrogen and oxygen atoms in total. The van der Waals surface area contributed by atoms with Gasteiger partial charge in [0.15, 0.2) is 0 Å². The van der Waals surface area contributed by atoms with E-state index in [9.17, 15) is 19.8 Å². The van der Waals surface area contributed by atoms with E-state index >= 15 is 0 Å². The van der Waals surface area contributed by atoms with Crippen molar-refractivity contribution in [1.82, 2.24) is 5.32 Å². The minimum absolute atomic E-state index is 0.00548. The van der Waals surface area contributed by atoms with Gasteiger partial charge in [0.25, 0.3) is 0 Å². The predicted molar refractivity (Wildman–Crippen MR) is 333 cm³/mol. The van der Waals surface area contributed by atoms with Crippen LogP contribution in [0, 0.1) is 0 Å². The van der Waals surface area contributed by atoms with Crippen molar-refractivity contribution >= 4 is 11.9 Å². The van der Waals surface area contributed by atoms with Crippen molar-refractivity contribution in [3.8, 4) is 0 Å². The zero-order chi connectivity index (χ0) is 55.0. The Bertz CT molecular complexity index is 1230. The van der Waals surface area contributed by atoms with Crippen molar-refractivity contribution in [3.63, 3.8) is 0 Å². The molecular weight excluding hydrogens is 935 g/mol. The number of aliphatic hydroxyl groups is 2. The Morgan fingerprint density at radius 3 is 1.01 bits per heavy atom. The predicted octanol–water partition coefficient (Wildman–Crippen LogP) is 21.9. The fourth-order valence-corrected chi connectivity index (χ4v) is 10.7. The molecule has 0 aromatic carbocycles. The van der Waals surface area contributed by atoms with Crippen molar-refractivity contribution < 1.29 is 24.5 Å². The minimum Gasteiger partial charge on any atom is -0.466 e. The minimum atomic E-state index is -0.663. The molecule has 0 aliphatic rings. The molecule has 0 fully saturated rings. The van der Waals surface area contributed by atoms with Gasteiger partial charge in [0, 0.05) is 12.8 Å². The molecule has 76 heavy (non-hydrogen) atoms. The van der Waals surface area contributed by atoms with E-state index in [1.165, 1.54) is 289 Å². The van der Waals surface area contributed by atoms with Crippen LogP contribution in [0.1, 0.15) is 373 Å². The first-order valence-corrected chi connectivity index (χ1v) is 34.2. The maximum absolute atomic E-state index is 12.5. The van der Waals surface area contributed by atoms with Gasteiger partial charge in [-0.15, -0.1) is 0 Å². The molecule has 6 heteroatoms. The number of rotatable bonds is 64. The summed E-state index contributed by atoms with van der Waals surface area (Å²) in [7, 11) is 0. The molecule has 0 rings (SSSR count). The van der Waals surface area contributed by atoms with E-state index in [4.69, 9.17) is 4.74 Å². The number of nitrogens with one attached hydrogen (secondary N) is 1. The molecule has 0 aromatic heterocycles. The van der Waals surface area contributed by atoms with E-state index in [1.807, 2.05) is 0 Å². The number of amides is 1. The lowest BCUT2D eigenvalue weighted by molar-refractivity contribution is -0.143. The van der Waals surface area contributed by atoms with Crippen LogP contribution in [-0.2, 0) is 14.3 Å². The van der Waals surface area contributed by atoms with Gasteiger partial charge in [-0.05, 0) is 83.5 Å². The molecule has 0 aliphatic heterocycles. The smallest absolute Gasteiger partial charge is 0.305 e. The quantitative estimate of drug-likeness (QED) is 0.0320. The summed E-state index contributed by atoms with van der Waals surface area (Å²) in [5.74, 6) is -0.0275. The average Bonchev–Trinajstić information content (AvgIpc) is 3.42. The van der Waals surface area contributed by atoms with Crippen LogP contribution in [0.15, 0.2) is 36.5 Å². The summed E-state index contributed by atoms with van der Waals surface area (Å²) >= 11 is 0. The van der Waals surface area contributed by atoms with Gasteiger partial charge in [-0.1, -0.05) is 314 Å². The maximum atomic E-state index is 12.5. The Balaban J connectivity index is 3.38. The molecule has 0 spiro atoms. The fraction of sp³-hybridized carbons (Fsp3) is 0.886. The SMILES string of the molecule is CCCCCCCC/C=C\CCCCCCCC(=O)OCCCCCCCCCCC/C=C\C/C=C\CCCCCCCCCCCCCCCCCC(=O)NC(CO)C(O)CCCCCCCCCCCCCCC. The van der Waals surface area contributed by atoms with Crippen LogP contribution in [-0.4, -0.2) is 47.4 Å². The highest BCUT2D eigenvalue weighted by Gasteiger charge is 2.20. The lowest BCUT2D eigenvalue weighted by Gasteiger charge is -2.22. The first-order valence-electron chi connectivity index (χ1n) is 34.2. The van der Waals surface area contributed by atoms with Crippen molar-refractivity contribution in [2.75, 3.05) is 13.2 Å². The number of ether oxygens (including phenoxy) is 1. The van der Waals surface area contributed by atoms with E-state index in [0.717, 1.165) is 51.4 Å². The highest BCUT2D eigenvalue weighted by Crippen LogP contribution is 2.18. The Morgan fingerprint density at radius 1 is 0.368 bits per heavy atom. The molecule has 0 bridgehead atoms. The Morgan fingerprint density at radius 2 is 0.658 bits per heavy atom. The molecule has 0 saturated carbocycles. The lowest BCUT2D eigenvalue weighted by atomic mass is 10.0. The Labute approximate surface area is 474 Å². The normalized spacial score (nSPS) is 12.7. The summed E-state index contributed by atoms with van der Waals surface area (Å²) in [5, 5.41) is 23.3. The van der Waals surface area contributed by atoms with Crippen LogP contribution in [0.4, 0.5) is 0 Å². The largest absolute Gasteiger partial charge is 0.466 e. The molecule has 0 aromatic rings. The number of carbonyl (C=O) groups is 2. The van der Waals surface area contributed by atoms with Crippen LogP contribution in [0.5, 0.6) is 0 Å². The van der Waals surface area contributed by atoms with Crippen LogP contribution in [0.25, 0.3) is 0 Å². The molecule has 2 unspecified atom stereocenters. The van der Waals surface area contributed by atoms with E-state index in [2.05, 4.69) is 55.6 Å². The van der Waals surface area contributed by atoms with Gasteiger partial charge in [0.1, 0.15) is 0 Å². The molecule has 0 saturated heterocycles. The topological polar surface area (TPSA) is 95.9 Å². The van der Waals surface area contributed by atoms with Crippen LogP contribution in [0.2, 0.25) is 0 Å². The Kier molecular flexibility index (Phi) is 63.9. The van der Waals surface area contributed by atoms with E-state index in [-0.39, 0.29) is 18.5 Å². The van der Waals surface area contributed by atoms with Crippen molar-refractivity contribution in [1.29, 1.82) is 0 Å². The molecule has 0 radical (unpaired) electrons. The number of hydrogen-bond acceptors (Lipinski definition) is 5. The summed E-state index contributed by atoms with van der Waals surface area (Å²) in [5.41, 5.74) is 0. The lowest BCUT2D eigenvalue weighted by Crippen LogP contribution is -2.45. The molecular formula is C70H133NO5. The van der Waals surface area contributed by atoms with Gasteiger partial charge in [-0.2, -0.15) is 0 Å². The number of aliphatic hydroxyl groups excluding tert-OH is 2. The van der Waals surface area contributed by atoms with Crippen LogP contribution < -0.4 is 5.32 Å². The zero-order valence-corrected chi connectivity index (χ0v) is 51.3. The molecule has 448 valence electrons. The number of carbonyl (C=O) groups excluding carboxylic acids is 2. The summed E-state index contributed by atoms with van der Waals surface area (Å²) in [6, 6.07) is -0.540. The first-order chi connectivity index (χ1) is 37.5. The molecule has 0 heterocycles. The highest BCUT2D eigenvalue weighted by atomic mass is 16.5. The third-order valence-electron chi connectivity index (χ3n) is 15.9. The zero-order valence-electron chi connectivity index (χ0n) is 51.3.